The Labute approximate surface area is 104 Å². The van der Waals surface area contributed by atoms with Gasteiger partial charge in [-0.3, -0.25) is 0 Å². The van der Waals surface area contributed by atoms with E-state index in [1.165, 1.54) is 6.07 Å². The van der Waals surface area contributed by atoms with Gasteiger partial charge >= 0.3 is 5.97 Å². The fourth-order valence-electron chi connectivity index (χ4n) is 1.36. The van der Waals surface area contributed by atoms with Gasteiger partial charge in [-0.1, -0.05) is 23.7 Å². The van der Waals surface area contributed by atoms with Crippen LogP contribution in [0.5, 0.6) is 0 Å². The van der Waals surface area contributed by atoms with Gasteiger partial charge in [0.25, 0.3) is 0 Å². The summed E-state index contributed by atoms with van der Waals surface area (Å²) in [5.41, 5.74) is 1.14. The molecule has 0 aliphatic carbocycles. The molecule has 1 unspecified atom stereocenters. The molecule has 0 saturated heterocycles. The number of carboxylic acid groups (broad SMARTS) is 1. The molecule has 1 rings (SSSR count). The summed E-state index contributed by atoms with van der Waals surface area (Å²) in [6, 6.07) is 4.70. The van der Waals surface area contributed by atoms with Crippen LogP contribution in [0, 0.1) is 0 Å². The van der Waals surface area contributed by atoms with Crippen molar-refractivity contribution in [2.24, 2.45) is 0 Å². The molecule has 1 atom stereocenters. The van der Waals surface area contributed by atoms with Gasteiger partial charge in [0.1, 0.15) is 0 Å². The molecule has 0 amide bonds. The van der Waals surface area contributed by atoms with E-state index >= 15 is 0 Å². The molecular formula is C11H12Cl2O3. The van der Waals surface area contributed by atoms with Crippen molar-refractivity contribution in [3.63, 3.8) is 0 Å². The molecule has 0 bridgehead atoms. The quantitative estimate of drug-likeness (QED) is 0.803. The van der Waals surface area contributed by atoms with Crippen LogP contribution in [0.4, 0.5) is 0 Å². The van der Waals surface area contributed by atoms with Gasteiger partial charge in [0.15, 0.2) is 6.10 Å². The SMILES string of the molecule is O=C(O)C(O)c1ccc(Cl)c(CCCCl)c1. The monoisotopic (exact) mass is 262 g/mol. The number of aliphatic hydroxyl groups is 1. The molecule has 0 spiro atoms. The Kier molecular flexibility index (Phi) is 5.06. The van der Waals surface area contributed by atoms with Crippen molar-refractivity contribution in [3.8, 4) is 0 Å². The Hall–Kier alpha value is -0.770. The minimum absolute atomic E-state index is 0.335. The summed E-state index contributed by atoms with van der Waals surface area (Å²) in [6.45, 7) is 0. The summed E-state index contributed by atoms with van der Waals surface area (Å²) in [5, 5.41) is 18.6. The molecule has 0 fully saturated rings. The third kappa shape index (κ3) is 3.37. The molecule has 0 saturated carbocycles. The molecule has 0 aromatic heterocycles. The van der Waals surface area contributed by atoms with E-state index in [0.717, 1.165) is 12.0 Å². The second-order valence-electron chi connectivity index (χ2n) is 3.38. The maximum Gasteiger partial charge on any atom is 0.337 e. The van der Waals surface area contributed by atoms with Gasteiger partial charge in [-0.15, -0.1) is 11.6 Å². The molecule has 0 aliphatic heterocycles. The average Bonchev–Trinajstić information content (AvgIpc) is 2.27. The predicted octanol–water partition coefficient (Wildman–Crippen LogP) is 2.63. The van der Waals surface area contributed by atoms with Crippen LogP contribution in [-0.4, -0.2) is 22.1 Å². The molecule has 0 aliphatic rings. The number of hydrogen-bond acceptors (Lipinski definition) is 2. The lowest BCUT2D eigenvalue weighted by Crippen LogP contribution is -2.10. The largest absolute Gasteiger partial charge is 0.479 e. The fraction of sp³-hybridized carbons (Fsp3) is 0.364. The highest BCUT2D eigenvalue weighted by Crippen LogP contribution is 2.23. The Morgan fingerprint density at radius 1 is 1.44 bits per heavy atom. The Morgan fingerprint density at radius 3 is 2.69 bits per heavy atom. The number of carbonyl (C=O) groups is 1. The van der Waals surface area contributed by atoms with Crippen LogP contribution in [0.1, 0.15) is 23.7 Å². The molecule has 3 nitrogen and oxygen atoms in total. The summed E-state index contributed by atoms with van der Waals surface area (Å²) in [6.07, 6.45) is -0.0804. The Bertz CT molecular complexity index is 379. The molecule has 5 heteroatoms. The number of halogens is 2. The highest BCUT2D eigenvalue weighted by molar-refractivity contribution is 6.31. The first-order valence-corrected chi connectivity index (χ1v) is 5.72. The Balaban J connectivity index is 2.92. The lowest BCUT2D eigenvalue weighted by molar-refractivity contribution is -0.146. The molecule has 2 N–H and O–H groups in total. The van der Waals surface area contributed by atoms with E-state index in [1.54, 1.807) is 12.1 Å². The standard InChI is InChI=1S/C11H12Cl2O3/c12-5-1-2-7-6-8(3-4-9(7)13)10(14)11(15)16/h3-4,6,10,14H,1-2,5H2,(H,15,16). The van der Waals surface area contributed by atoms with E-state index < -0.39 is 12.1 Å². The summed E-state index contributed by atoms with van der Waals surface area (Å²) < 4.78 is 0. The minimum Gasteiger partial charge on any atom is -0.479 e. The van der Waals surface area contributed by atoms with Gasteiger partial charge in [0.2, 0.25) is 0 Å². The van der Waals surface area contributed by atoms with E-state index in [0.29, 0.717) is 22.9 Å². The number of carboxylic acids is 1. The third-order valence-electron chi connectivity index (χ3n) is 2.20. The number of rotatable bonds is 5. The summed E-state index contributed by atoms with van der Waals surface area (Å²) in [7, 11) is 0. The second kappa shape index (κ2) is 6.09. The molecule has 1 aromatic rings. The van der Waals surface area contributed by atoms with Crippen molar-refractivity contribution in [2.75, 3.05) is 5.88 Å². The zero-order valence-corrected chi connectivity index (χ0v) is 10.0. The smallest absolute Gasteiger partial charge is 0.337 e. The minimum atomic E-state index is -1.51. The van der Waals surface area contributed by atoms with Gasteiger partial charge < -0.3 is 10.2 Å². The van der Waals surface area contributed by atoms with E-state index in [1.807, 2.05) is 0 Å². The van der Waals surface area contributed by atoms with Gasteiger partial charge in [-0.2, -0.15) is 0 Å². The van der Waals surface area contributed by atoms with E-state index in [4.69, 9.17) is 28.3 Å². The normalized spacial score (nSPS) is 12.4. The van der Waals surface area contributed by atoms with E-state index in [2.05, 4.69) is 0 Å². The lowest BCUT2D eigenvalue weighted by atomic mass is 10.0. The van der Waals surface area contributed by atoms with Crippen LogP contribution in [0.25, 0.3) is 0 Å². The maximum atomic E-state index is 10.6. The van der Waals surface area contributed by atoms with Gasteiger partial charge in [0.05, 0.1) is 0 Å². The van der Waals surface area contributed by atoms with Crippen molar-refractivity contribution in [1.82, 2.24) is 0 Å². The van der Waals surface area contributed by atoms with E-state index in [-0.39, 0.29) is 0 Å². The Morgan fingerprint density at radius 2 is 2.12 bits per heavy atom. The first-order chi connectivity index (χ1) is 7.56. The van der Waals surface area contributed by atoms with Crippen LogP contribution in [0.15, 0.2) is 18.2 Å². The average molecular weight is 263 g/mol. The topological polar surface area (TPSA) is 57.5 Å². The van der Waals surface area contributed by atoms with Crippen LogP contribution in [-0.2, 0) is 11.2 Å². The number of hydrogen-bond donors (Lipinski definition) is 2. The first-order valence-electron chi connectivity index (χ1n) is 4.81. The summed E-state index contributed by atoms with van der Waals surface area (Å²) >= 11 is 11.5. The molecule has 0 radical (unpaired) electrons. The zero-order chi connectivity index (χ0) is 12.1. The molecule has 1 aromatic carbocycles. The van der Waals surface area contributed by atoms with Gasteiger partial charge in [0, 0.05) is 10.9 Å². The second-order valence-corrected chi connectivity index (χ2v) is 4.17. The molecule has 16 heavy (non-hydrogen) atoms. The van der Waals surface area contributed by atoms with Gasteiger partial charge in [-0.05, 0) is 30.0 Å². The third-order valence-corrected chi connectivity index (χ3v) is 2.84. The van der Waals surface area contributed by atoms with Crippen LogP contribution in [0.2, 0.25) is 5.02 Å². The highest BCUT2D eigenvalue weighted by atomic mass is 35.5. The molecular weight excluding hydrogens is 251 g/mol. The van der Waals surface area contributed by atoms with Gasteiger partial charge in [-0.25, -0.2) is 4.79 Å². The number of aryl methyl sites for hydroxylation is 1. The van der Waals surface area contributed by atoms with Crippen molar-refractivity contribution in [3.05, 3.63) is 34.3 Å². The molecule has 88 valence electrons. The number of alkyl halides is 1. The van der Waals surface area contributed by atoms with Crippen molar-refractivity contribution in [1.29, 1.82) is 0 Å². The fourth-order valence-corrected chi connectivity index (χ4v) is 1.70. The highest BCUT2D eigenvalue weighted by Gasteiger charge is 2.16. The van der Waals surface area contributed by atoms with Crippen molar-refractivity contribution >= 4 is 29.2 Å². The number of benzene rings is 1. The van der Waals surface area contributed by atoms with Crippen LogP contribution < -0.4 is 0 Å². The number of aliphatic hydroxyl groups excluding tert-OH is 1. The number of aliphatic carboxylic acids is 1. The van der Waals surface area contributed by atoms with Crippen molar-refractivity contribution in [2.45, 2.75) is 18.9 Å². The summed E-state index contributed by atoms with van der Waals surface area (Å²) in [4.78, 5) is 10.6. The van der Waals surface area contributed by atoms with Crippen molar-refractivity contribution < 1.29 is 15.0 Å². The maximum absolute atomic E-state index is 10.6. The van der Waals surface area contributed by atoms with Crippen LogP contribution >= 0.6 is 23.2 Å². The first kappa shape index (κ1) is 13.3. The van der Waals surface area contributed by atoms with Crippen LogP contribution in [0.3, 0.4) is 0 Å². The zero-order valence-electron chi connectivity index (χ0n) is 8.49. The summed E-state index contributed by atoms with van der Waals surface area (Å²) in [5.74, 6) is -0.757. The van der Waals surface area contributed by atoms with E-state index in [9.17, 15) is 9.90 Å². The predicted molar refractivity (Wildman–Crippen MR) is 63.1 cm³/mol. The lowest BCUT2D eigenvalue weighted by Gasteiger charge is -2.09. The molecule has 0 heterocycles.